The van der Waals surface area contributed by atoms with Crippen LogP contribution in [0, 0.1) is 5.82 Å². The van der Waals surface area contributed by atoms with Crippen molar-refractivity contribution in [3.8, 4) is 0 Å². The molecule has 2 heterocycles. The predicted molar refractivity (Wildman–Crippen MR) is 110 cm³/mol. The second-order valence-electron chi connectivity index (χ2n) is 7.42. The lowest BCUT2D eigenvalue weighted by Crippen LogP contribution is -2.45. The first-order valence-corrected chi connectivity index (χ1v) is 9.85. The maximum atomic E-state index is 14.1. The van der Waals surface area contributed by atoms with E-state index in [1.165, 1.54) is 0 Å². The molecule has 156 valence electrons. The third kappa shape index (κ3) is 3.91. The minimum Gasteiger partial charge on any atom is -0.358 e. The molecule has 0 spiro atoms. The topological polar surface area (TPSA) is 82.3 Å². The molecule has 0 bridgehead atoms. The van der Waals surface area contributed by atoms with E-state index in [9.17, 15) is 18.8 Å². The molecule has 1 fully saturated rings. The van der Waals surface area contributed by atoms with Gasteiger partial charge < -0.3 is 10.1 Å². The summed E-state index contributed by atoms with van der Waals surface area (Å²) in [6, 6.07) is 13.4. The van der Waals surface area contributed by atoms with Crippen molar-refractivity contribution in [3.05, 3.63) is 80.9 Å². The van der Waals surface area contributed by atoms with Crippen molar-refractivity contribution < 1.29 is 13.9 Å². The highest BCUT2D eigenvalue weighted by atomic mass is 19.1. The maximum Gasteiger partial charge on any atom is 0.333 e. The van der Waals surface area contributed by atoms with E-state index in [-0.39, 0.29) is 6.04 Å². The van der Waals surface area contributed by atoms with Gasteiger partial charge in [0.25, 0.3) is 5.56 Å². The van der Waals surface area contributed by atoms with Gasteiger partial charge in [0.2, 0.25) is 11.7 Å². The largest absolute Gasteiger partial charge is 0.358 e. The lowest BCUT2D eigenvalue weighted by atomic mass is 10.0. The molecule has 1 aliphatic heterocycles. The molecule has 1 aliphatic rings. The Labute approximate surface area is 171 Å². The van der Waals surface area contributed by atoms with Gasteiger partial charge in [-0.25, -0.2) is 9.36 Å². The Balaban J connectivity index is 1.54. The number of aromatic nitrogens is 2. The third-order valence-electron chi connectivity index (χ3n) is 5.32. The van der Waals surface area contributed by atoms with Crippen LogP contribution in [0.2, 0.25) is 0 Å². The van der Waals surface area contributed by atoms with E-state index in [1.807, 2.05) is 42.5 Å². The molecular formula is C22H22FN3O4. The summed E-state index contributed by atoms with van der Waals surface area (Å²) in [5.74, 6) is -1.65. The van der Waals surface area contributed by atoms with E-state index in [0.717, 1.165) is 33.5 Å². The molecule has 0 aliphatic carbocycles. The van der Waals surface area contributed by atoms with Crippen LogP contribution < -0.4 is 16.6 Å². The van der Waals surface area contributed by atoms with Crippen LogP contribution in [0.1, 0.15) is 37.6 Å². The summed E-state index contributed by atoms with van der Waals surface area (Å²) >= 11 is 0. The lowest BCUT2D eigenvalue weighted by molar-refractivity contribution is -0.122. The van der Waals surface area contributed by atoms with E-state index in [2.05, 4.69) is 5.32 Å². The van der Waals surface area contributed by atoms with Gasteiger partial charge >= 0.3 is 5.69 Å². The molecule has 7 nitrogen and oxygen atoms in total. The molecule has 0 saturated carbocycles. The summed E-state index contributed by atoms with van der Waals surface area (Å²) in [5, 5.41) is 4.89. The first-order chi connectivity index (χ1) is 14.4. The number of nitrogens with zero attached hydrogens (tertiary/aromatic N) is 2. The number of fused-ring (bicyclic) bond motifs is 1. The Morgan fingerprint density at radius 3 is 2.73 bits per heavy atom. The molecule has 0 radical (unpaired) electrons. The highest BCUT2D eigenvalue weighted by molar-refractivity contribution is 5.83. The van der Waals surface area contributed by atoms with Crippen molar-refractivity contribution in [1.29, 1.82) is 0 Å². The number of rotatable bonds is 5. The minimum absolute atomic E-state index is 0.355. The molecule has 3 aromatic rings. The van der Waals surface area contributed by atoms with E-state index in [1.54, 1.807) is 6.92 Å². The summed E-state index contributed by atoms with van der Waals surface area (Å²) in [7, 11) is 0. The van der Waals surface area contributed by atoms with Crippen LogP contribution in [0.15, 0.2) is 58.3 Å². The Morgan fingerprint density at radius 1 is 1.23 bits per heavy atom. The van der Waals surface area contributed by atoms with Crippen LogP contribution >= 0.6 is 0 Å². The van der Waals surface area contributed by atoms with Gasteiger partial charge in [-0.2, -0.15) is 4.39 Å². The second kappa shape index (κ2) is 8.23. The van der Waals surface area contributed by atoms with Crippen molar-refractivity contribution in [1.82, 2.24) is 14.5 Å². The molecule has 4 rings (SSSR count). The van der Waals surface area contributed by atoms with Gasteiger partial charge in [0.15, 0.2) is 0 Å². The van der Waals surface area contributed by atoms with Crippen molar-refractivity contribution >= 4 is 16.7 Å². The predicted octanol–water partition coefficient (Wildman–Crippen LogP) is 2.49. The van der Waals surface area contributed by atoms with E-state index >= 15 is 0 Å². The normalized spacial score (nSPS) is 17.2. The maximum absolute atomic E-state index is 14.1. The zero-order valence-electron chi connectivity index (χ0n) is 16.5. The van der Waals surface area contributed by atoms with E-state index in [4.69, 9.17) is 4.74 Å². The van der Waals surface area contributed by atoms with Gasteiger partial charge in [0.1, 0.15) is 12.8 Å². The molecule has 2 atom stereocenters. The lowest BCUT2D eigenvalue weighted by Gasteiger charge is -2.17. The van der Waals surface area contributed by atoms with E-state index in [0.29, 0.717) is 17.6 Å². The van der Waals surface area contributed by atoms with Gasteiger partial charge in [0, 0.05) is 6.61 Å². The van der Waals surface area contributed by atoms with Crippen LogP contribution in [0.25, 0.3) is 10.8 Å². The van der Waals surface area contributed by atoms with Crippen molar-refractivity contribution in [3.63, 3.8) is 0 Å². The quantitative estimate of drug-likeness (QED) is 0.699. The number of amides is 1. The number of hydrogen-bond acceptors (Lipinski definition) is 4. The molecule has 1 saturated heterocycles. The zero-order chi connectivity index (χ0) is 21.3. The van der Waals surface area contributed by atoms with Crippen LogP contribution in [0.3, 0.4) is 0 Å². The molecule has 0 unspecified atom stereocenters. The van der Waals surface area contributed by atoms with E-state index < -0.39 is 35.7 Å². The fourth-order valence-electron chi connectivity index (χ4n) is 3.70. The van der Waals surface area contributed by atoms with Crippen LogP contribution in [0.4, 0.5) is 4.39 Å². The monoisotopic (exact) mass is 411 g/mol. The van der Waals surface area contributed by atoms with Gasteiger partial charge in [-0.3, -0.25) is 14.2 Å². The van der Waals surface area contributed by atoms with Crippen LogP contribution in [-0.2, 0) is 16.1 Å². The Hall–Kier alpha value is -3.26. The highest BCUT2D eigenvalue weighted by Gasteiger charge is 2.23. The number of carbonyl (C=O) groups is 1. The SMILES string of the molecule is C[C@@H](NC(=O)Cn1c(=O)c(F)cn([C@@H]2CCCO2)c1=O)c1ccc2ccccc2c1. The third-order valence-corrected chi connectivity index (χ3v) is 5.32. The van der Waals surface area contributed by atoms with Crippen molar-refractivity contribution in [2.75, 3.05) is 6.61 Å². The molecule has 1 N–H and O–H groups in total. The zero-order valence-corrected chi connectivity index (χ0v) is 16.5. The number of carbonyl (C=O) groups excluding carboxylic acids is 1. The number of nitrogens with one attached hydrogen (secondary N) is 1. The van der Waals surface area contributed by atoms with Gasteiger partial charge in [-0.05, 0) is 42.2 Å². The summed E-state index contributed by atoms with van der Waals surface area (Å²) in [5.41, 5.74) is -1.00. The molecule has 1 amide bonds. The fourth-order valence-corrected chi connectivity index (χ4v) is 3.70. The summed E-state index contributed by atoms with van der Waals surface area (Å²) in [6.45, 7) is 1.70. The first-order valence-electron chi connectivity index (χ1n) is 9.85. The average molecular weight is 411 g/mol. The minimum atomic E-state index is -1.12. The molecule has 1 aromatic heterocycles. The number of halogens is 1. The summed E-state index contributed by atoms with van der Waals surface area (Å²) in [4.78, 5) is 37.3. The number of ether oxygens (including phenoxy) is 1. The second-order valence-corrected chi connectivity index (χ2v) is 7.42. The Bertz CT molecular complexity index is 1210. The van der Waals surface area contributed by atoms with Crippen molar-refractivity contribution in [2.24, 2.45) is 0 Å². The summed E-state index contributed by atoms with van der Waals surface area (Å²) in [6.07, 6.45) is 1.51. The number of benzene rings is 2. The highest BCUT2D eigenvalue weighted by Crippen LogP contribution is 2.21. The van der Waals surface area contributed by atoms with Crippen LogP contribution in [-0.4, -0.2) is 21.6 Å². The molecule has 2 aromatic carbocycles. The van der Waals surface area contributed by atoms with Gasteiger partial charge in [-0.1, -0.05) is 36.4 Å². The smallest absolute Gasteiger partial charge is 0.333 e. The van der Waals surface area contributed by atoms with Crippen molar-refractivity contribution in [2.45, 2.75) is 38.6 Å². The fraction of sp³-hybridized carbons (Fsp3) is 0.318. The molecule has 30 heavy (non-hydrogen) atoms. The molecule has 8 heteroatoms. The van der Waals surface area contributed by atoms with Gasteiger partial charge in [0.05, 0.1) is 12.2 Å². The first kappa shape index (κ1) is 20.0. The summed E-state index contributed by atoms with van der Waals surface area (Å²) < 4.78 is 21.2. The molecular weight excluding hydrogens is 389 g/mol. The average Bonchev–Trinajstić information content (AvgIpc) is 3.28. The Kier molecular flexibility index (Phi) is 5.50. The van der Waals surface area contributed by atoms with Crippen LogP contribution in [0.5, 0.6) is 0 Å². The van der Waals surface area contributed by atoms with Gasteiger partial charge in [-0.15, -0.1) is 0 Å². The standard InChI is InChI=1S/C22H22FN3O4/c1-14(16-9-8-15-5-2-3-6-17(15)11-16)24-19(27)13-26-21(28)18(23)12-25(22(26)29)20-7-4-10-30-20/h2-3,5-6,8-9,11-12,14,20H,4,7,10,13H2,1H3,(H,24,27)/t14-,20+/m1/s1. The number of hydrogen-bond donors (Lipinski definition) is 1. The Morgan fingerprint density at radius 2 is 2.00 bits per heavy atom.